The molecule has 2 heterocycles. The molecule has 0 saturated carbocycles. The summed E-state index contributed by atoms with van der Waals surface area (Å²) in [5, 5.41) is 6.83. The summed E-state index contributed by atoms with van der Waals surface area (Å²) in [6.45, 7) is 3.76. The molecule has 1 saturated heterocycles. The molecule has 138 valence electrons. The Morgan fingerprint density at radius 2 is 2.23 bits per heavy atom. The first-order chi connectivity index (χ1) is 12.6. The van der Waals surface area contributed by atoms with Crippen molar-refractivity contribution in [3.05, 3.63) is 52.2 Å². The van der Waals surface area contributed by atoms with Crippen LogP contribution in [0.15, 0.2) is 41.1 Å². The summed E-state index contributed by atoms with van der Waals surface area (Å²) in [7, 11) is 0. The highest BCUT2D eigenvalue weighted by molar-refractivity contribution is 7.07. The lowest BCUT2D eigenvalue weighted by Gasteiger charge is -2.25. The Balaban J connectivity index is 1.60. The molecular formula is C20H24N2O3S. The predicted molar refractivity (Wildman–Crippen MR) is 103 cm³/mol. The number of aryl methyl sites for hydroxylation is 1. The summed E-state index contributed by atoms with van der Waals surface area (Å²) < 4.78 is 5.67. The second-order valence-corrected chi connectivity index (χ2v) is 7.42. The van der Waals surface area contributed by atoms with E-state index < -0.39 is 0 Å². The summed E-state index contributed by atoms with van der Waals surface area (Å²) in [6.07, 6.45) is 1.89. The molecule has 2 aromatic rings. The maximum atomic E-state index is 12.7. The summed E-state index contributed by atoms with van der Waals surface area (Å²) in [6, 6.07) is 9.56. The second-order valence-electron chi connectivity index (χ2n) is 6.64. The fraction of sp³-hybridized carbons (Fsp3) is 0.400. The molecule has 1 aliphatic heterocycles. The smallest absolute Gasteiger partial charge is 0.233 e. The Bertz CT molecular complexity index is 739. The number of anilines is 1. The van der Waals surface area contributed by atoms with Crippen LogP contribution >= 0.6 is 11.3 Å². The van der Waals surface area contributed by atoms with E-state index in [0.29, 0.717) is 18.8 Å². The fourth-order valence-corrected chi connectivity index (χ4v) is 3.73. The van der Waals surface area contributed by atoms with E-state index in [1.807, 2.05) is 48.0 Å². The Kier molecular flexibility index (Phi) is 6.41. The van der Waals surface area contributed by atoms with E-state index in [1.165, 1.54) is 0 Å². The number of thiophene rings is 1. The van der Waals surface area contributed by atoms with Crippen molar-refractivity contribution < 1.29 is 14.3 Å². The van der Waals surface area contributed by atoms with Crippen molar-refractivity contribution in [3.8, 4) is 0 Å². The van der Waals surface area contributed by atoms with Crippen molar-refractivity contribution in [2.45, 2.75) is 38.8 Å². The average Bonchev–Trinajstić information content (AvgIpc) is 3.28. The quantitative estimate of drug-likeness (QED) is 0.756. The normalized spacial score (nSPS) is 16.4. The number of amides is 2. The molecule has 2 amide bonds. The minimum Gasteiger partial charge on any atom is -0.376 e. The van der Waals surface area contributed by atoms with E-state index >= 15 is 0 Å². The number of nitrogens with one attached hydrogen (secondary N) is 1. The van der Waals surface area contributed by atoms with Crippen LogP contribution < -0.4 is 5.32 Å². The number of rotatable bonds is 7. The van der Waals surface area contributed by atoms with Gasteiger partial charge >= 0.3 is 0 Å². The molecular weight excluding hydrogens is 348 g/mol. The van der Waals surface area contributed by atoms with E-state index in [2.05, 4.69) is 5.32 Å². The molecule has 0 unspecified atom stereocenters. The lowest BCUT2D eigenvalue weighted by atomic mass is 10.2. The van der Waals surface area contributed by atoms with Crippen LogP contribution in [0.2, 0.25) is 0 Å². The van der Waals surface area contributed by atoms with Gasteiger partial charge in [-0.2, -0.15) is 11.3 Å². The van der Waals surface area contributed by atoms with Gasteiger partial charge in [0.2, 0.25) is 11.8 Å². The van der Waals surface area contributed by atoms with E-state index in [1.54, 1.807) is 16.2 Å². The lowest BCUT2D eigenvalue weighted by Crippen LogP contribution is -2.38. The molecule has 26 heavy (non-hydrogen) atoms. The number of benzene rings is 1. The Morgan fingerprint density at radius 1 is 1.35 bits per heavy atom. The van der Waals surface area contributed by atoms with Crippen LogP contribution in [0.4, 0.5) is 5.69 Å². The average molecular weight is 372 g/mol. The van der Waals surface area contributed by atoms with Gasteiger partial charge in [-0.3, -0.25) is 9.59 Å². The highest BCUT2D eigenvalue weighted by Gasteiger charge is 2.24. The first-order valence-corrected chi connectivity index (χ1v) is 9.81. The zero-order chi connectivity index (χ0) is 18.4. The molecule has 3 rings (SSSR count). The third-order valence-corrected chi connectivity index (χ3v) is 5.10. The largest absolute Gasteiger partial charge is 0.376 e. The van der Waals surface area contributed by atoms with Crippen LogP contribution in [-0.4, -0.2) is 36.0 Å². The molecule has 0 aliphatic carbocycles. The molecule has 6 heteroatoms. The second kappa shape index (κ2) is 8.96. The summed E-state index contributed by atoms with van der Waals surface area (Å²) >= 11 is 1.60. The van der Waals surface area contributed by atoms with Gasteiger partial charge in [-0.15, -0.1) is 0 Å². The standard InChI is InChI=1S/C20H24N2O3S/c1-15-4-2-5-17(10-15)21-19(23)11-20(24)22(12-16-7-9-26-14-16)13-18-6-3-8-25-18/h2,4-5,7,9-10,14,18H,3,6,8,11-13H2,1H3,(H,21,23)/t18-/m1/s1. The number of hydrogen-bond acceptors (Lipinski definition) is 4. The Hall–Kier alpha value is -2.18. The van der Waals surface area contributed by atoms with Crippen LogP contribution in [0.5, 0.6) is 0 Å². The Morgan fingerprint density at radius 3 is 2.92 bits per heavy atom. The van der Waals surface area contributed by atoms with Gasteiger partial charge in [0.25, 0.3) is 0 Å². The van der Waals surface area contributed by atoms with Crippen LogP contribution in [0, 0.1) is 6.92 Å². The highest BCUT2D eigenvalue weighted by atomic mass is 32.1. The van der Waals surface area contributed by atoms with Gasteiger partial charge in [0.1, 0.15) is 6.42 Å². The van der Waals surface area contributed by atoms with Crippen LogP contribution in [0.25, 0.3) is 0 Å². The van der Waals surface area contributed by atoms with Gasteiger partial charge in [0.05, 0.1) is 6.10 Å². The fourth-order valence-electron chi connectivity index (χ4n) is 3.07. The number of carbonyl (C=O) groups is 2. The van der Waals surface area contributed by atoms with Gasteiger partial charge < -0.3 is 15.0 Å². The van der Waals surface area contributed by atoms with E-state index in [0.717, 1.165) is 30.6 Å². The molecule has 1 aromatic carbocycles. The maximum absolute atomic E-state index is 12.7. The molecule has 1 atom stereocenters. The van der Waals surface area contributed by atoms with Crippen LogP contribution in [0.3, 0.4) is 0 Å². The van der Waals surface area contributed by atoms with Crippen molar-refractivity contribution >= 4 is 28.8 Å². The van der Waals surface area contributed by atoms with Crippen LogP contribution in [-0.2, 0) is 20.9 Å². The lowest BCUT2D eigenvalue weighted by molar-refractivity contribution is -0.136. The van der Waals surface area contributed by atoms with Crippen molar-refractivity contribution in [2.24, 2.45) is 0 Å². The van der Waals surface area contributed by atoms with Crippen LogP contribution in [0.1, 0.15) is 30.4 Å². The molecule has 0 spiro atoms. The van der Waals surface area contributed by atoms with Gasteiger partial charge in [-0.25, -0.2) is 0 Å². The van der Waals surface area contributed by atoms with E-state index in [-0.39, 0.29) is 24.3 Å². The first-order valence-electron chi connectivity index (χ1n) is 8.87. The number of nitrogens with zero attached hydrogens (tertiary/aromatic N) is 1. The molecule has 0 bridgehead atoms. The minimum absolute atomic E-state index is 0.0671. The SMILES string of the molecule is Cc1cccc(NC(=O)CC(=O)N(Cc2ccsc2)C[C@H]2CCCO2)c1. The van der Waals surface area contributed by atoms with E-state index in [4.69, 9.17) is 4.74 Å². The number of ether oxygens (including phenoxy) is 1. The van der Waals surface area contributed by atoms with Gasteiger partial charge in [0, 0.05) is 25.4 Å². The zero-order valence-corrected chi connectivity index (χ0v) is 15.8. The summed E-state index contributed by atoms with van der Waals surface area (Å²) in [5.41, 5.74) is 2.86. The van der Waals surface area contributed by atoms with Crippen molar-refractivity contribution in [1.82, 2.24) is 4.90 Å². The molecule has 1 aliphatic rings. The molecule has 1 aromatic heterocycles. The third kappa shape index (κ3) is 5.41. The van der Waals surface area contributed by atoms with Gasteiger partial charge in [0.15, 0.2) is 0 Å². The van der Waals surface area contributed by atoms with Crippen molar-refractivity contribution in [2.75, 3.05) is 18.5 Å². The third-order valence-electron chi connectivity index (χ3n) is 4.37. The number of hydrogen-bond donors (Lipinski definition) is 1. The maximum Gasteiger partial charge on any atom is 0.233 e. The molecule has 1 N–H and O–H groups in total. The monoisotopic (exact) mass is 372 g/mol. The molecule has 1 fully saturated rings. The summed E-state index contributed by atoms with van der Waals surface area (Å²) in [5.74, 6) is -0.458. The van der Waals surface area contributed by atoms with Crippen molar-refractivity contribution in [3.63, 3.8) is 0 Å². The highest BCUT2D eigenvalue weighted by Crippen LogP contribution is 2.17. The molecule has 5 nitrogen and oxygen atoms in total. The molecule has 0 radical (unpaired) electrons. The first kappa shape index (κ1) is 18.6. The van der Waals surface area contributed by atoms with Gasteiger partial charge in [-0.05, 0) is 59.9 Å². The minimum atomic E-state index is -0.289. The van der Waals surface area contributed by atoms with Crippen molar-refractivity contribution in [1.29, 1.82) is 0 Å². The Labute approximate surface area is 158 Å². The zero-order valence-electron chi connectivity index (χ0n) is 14.9. The topological polar surface area (TPSA) is 58.6 Å². The van der Waals surface area contributed by atoms with Gasteiger partial charge in [-0.1, -0.05) is 12.1 Å². The predicted octanol–water partition coefficient (Wildman–Crippen LogP) is 3.59. The summed E-state index contributed by atoms with van der Waals surface area (Å²) in [4.78, 5) is 26.8. The number of carbonyl (C=O) groups excluding carboxylic acids is 2. The van der Waals surface area contributed by atoms with E-state index in [9.17, 15) is 9.59 Å².